The Morgan fingerprint density at radius 2 is 1.95 bits per heavy atom. The van der Waals surface area contributed by atoms with E-state index in [0.29, 0.717) is 6.61 Å². The van der Waals surface area contributed by atoms with Crippen LogP contribution in [0.2, 0.25) is 0 Å². The first kappa shape index (κ1) is 13.1. The molecule has 0 aliphatic carbocycles. The highest BCUT2D eigenvalue weighted by Gasteiger charge is 2.28. The molecule has 104 valence electrons. The van der Waals surface area contributed by atoms with Crippen LogP contribution in [-0.4, -0.2) is 25.6 Å². The van der Waals surface area contributed by atoms with Gasteiger partial charge in [0.05, 0.1) is 19.8 Å². The summed E-state index contributed by atoms with van der Waals surface area (Å²) in [5, 5.41) is 2.14. The molecule has 1 heterocycles. The number of hydrogen-bond donors (Lipinski definition) is 0. The number of Topliss-reactive ketones (excluding diaryl/α,β-unsaturated/α-hetero) is 1. The second-order valence-corrected chi connectivity index (χ2v) is 5.37. The van der Waals surface area contributed by atoms with Crippen LogP contribution in [0.5, 0.6) is 5.75 Å². The van der Waals surface area contributed by atoms with Gasteiger partial charge in [0.15, 0.2) is 5.78 Å². The SMILES string of the molecule is COc1ccc2cc(C(=O)C3COC(C)C3)ccc2c1. The first-order valence-corrected chi connectivity index (χ1v) is 6.91. The van der Waals surface area contributed by atoms with Gasteiger partial charge in [-0.25, -0.2) is 0 Å². The highest BCUT2D eigenvalue weighted by Crippen LogP contribution is 2.26. The Morgan fingerprint density at radius 1 is 1.20 bits per heavy atom. The summed E-state index contributed by atoms with van der Waals surface area (Å²) in [6, 6.07) is 11.7. The number of fused-ring (bicyclic) bond motifs is 1. The first-order chi connectivity index (χ1) is 9.67. The van der Waals surface area contributed by atoms with Gasteiger partial charge in [-0.05, 0) is 42.3 Å². The molecule has 0 amide bonds. The zero-order valence-corrected chi connectivity index (χ0v) is 11.8. The van der Waals surface area contributed by atoms with Gasteiger partial charge >= 0.3 is 0 Å². The van der Waals surface area contributed by atoms with Crippen molar-refractivity contribution in [1.82, 2.24) is 0 Å². The van der Waals surface area contributed by atoms with Gasteiger partial charge in [-0.3, -0.25) is 4.79 Å². The molecule has 2 aromatic rings. The molecule has 3 rings (SSSR count). The summed E-state index contributed by atoms with van der Waals surface area (Å²) in [4.78, 5) is 12.5. The molecule has 0 aromatic heterocycles. The second kappa shape index (κ2) is 5.25. The van der Waals surface area contributed by atoms with Gasteiger partial charge in [0.2, 0.25) is 0 Å². The third-order valence-electron chi connectivity index (χ3n) is 3.90. The molecule has 3 heteroatoms. The smallest absolute Gasteiger partial charge is 0.168 e. The molecule has 1 saturated heterocycles. The van der Waals surface area contributed by atoms with Crippen LogP contribution in [0.4, 0.5) is 0 Å². The zero-order valence-electron chi connectivity index (χ0n) is 11.8. The van der Waals surface area contributed by atoms with Crippen LogP contribution in [0, 0.1) is 5.92 Å². The van der Waals surface area contributed by atoms with Crippen molar-refractivity contribution in [1.29, 1.82) is 0 Å². The largest absolute Gasteiger partial charge is 0.497 e. The molecule has 1 aliphatic rings. The van der Waals surface area contributed by atoms with Crippen molar-refractivity contribution >= 4 is 16.6 Å². The van der Waals surface area contributed by atoms with E-state index in [9.17, 15) is 4.79 Å². The number of hydrogen-bond acceptors (Lipinski definition) is 3. The summed E-state index contributed by atoms with van der Waals surface area (Å²) in [6.45, 7) is 2.56. The Hall–Kier alpha value is -1.87. The van der Waals surface area contributed by atoms with Gasteiger partial charge in [-0.15, -0.1) is 0 Å². The first-order valence-electron chi connectivity index (χ1n) is 6.91. The molecule has 2 aromatic carbocycles. The summed E-state index contributed by atoms with van der Waals surface area (Å²) in [6.07, 6.45) is 1.01. The topological polar surface area (TPSA) is 35.5 Å². The van der Waals surface area contributed by atoms with E-state index in [1.54, 1.807) is 7.11 Å². The molecule has 0 bridgehead atoms. The second-order valence-electron chi connectivity index (χ2n) is 5.37. The van der Waals surface area contributed by atoms with Crippen molar-refractivity contribution < 1.29 is 14.3 Å². The molecule has 3 nitrogen and oxygen atoms in total. The van der Waals surface area contributed by atoms with Crippen LogP contribution in [0.15, 0.2) is 36.4 Å². The fraction of sp³-hybridized carbons (Fsp3) is 0.353. The van der Waals surface area contributed by atoms with E-state index in [2.05, 4.69) is 0 Å². The highest BCUT2D eigenvalue weighted by atomic mass is 16.5. The van der Waals surface area contributed by atoms with Crippen LogP contribution >= 0.6 is 0 Å². The van der Waals surface area contributed by atoms with Gasteiger partial charge < -0.3 is 9.47 Å². The van der Waals surface area contributed by atoms with E-state index >= 15 is 0 Å². The molecule has 1 aliphatic heterocycles. The predicted molar refractivity (Wildman–Crippen MR) is 78.4 cm³/mol. The van der Waals surface area contributed by atoms with Gasteiger partial charge in [0.1, 0.15) is 5.75 Å². The lowest BCUT2D eigenvalue weighted by molar-refractivity contribution is 0.0878. The summed E-state index contributed by atoms with van der Waals surface area (Å²) in [5.41, 5.74) is 0.769. The molecular weight excluding hydrogens is 252 g/mol. The van der Waals surface area contributed by atoms with E-state index in [0.717, 1.165) is 28.5 Å². The maximum Gasteiger partial charge on any atom is 0.168 e. The average Bonchev–Trinajstić information content (AvgIpc) is 2.92. The Morgan fingerprint density at radius 3 is 2.65 bits per heavy atom. The minimum Gasteiger partial charge on any atom is -0.497 e. The maximum absolute atomic E-state index is 12.5. The Kier molecular flexibility index (Phi) is 3.45. The van der Waals surface area contributed by atoms with Crippen molar-refractivity contribution in [3.05, 3.63) is 42.0 Å². The quantitative estimate of drug-likeness (QED) is 0.801. The zero-order chi connectivity index (χ0) is 14.1. The summed E-state index contributed by atoms with van der Waals surface area (Å²) in [7, 11) is 1.65. The Labute approximate surface area is 118 Å². The lowest BCUT2D eigenvalue weighted by Crippen LogP contribution is -2.14. The van der Waals surface area contributed by atoms with Crippen molar-refractivity contribution in [2.75, 3.05) is 13.7 Å². The lowest BCUT2D eigenvalue weighted by atomic mass is 9.94. The molecule has 0 saturated carbocycles. The van der Waals surface area contributed by atoms with Crippen LogP contribution in [0.1, 0.15) is 23.7 Å². The third-order valence-corrected chi connectivity index (χ3v) is 3.90. The maximum atomic E-state index is 12.5. The number of rotatable bonds is 3. The Bertz CT molecular complexity index is 648. The van der Waals surface area contributed by atoms with Crippen LogP contribution in [0.25, 0.3) is 10.8 Å². The lowest BCUT2D eigenvalue weighted by Gasteiger charge is -2.08. The molecule has 0 spiro atoms. The summed E-state index contributed by atoms with van der Waals surface area (Å²) < 4.78 is 10.7. The number of methoxy groups -OCH3 is 1. The van der Waals surface area contributed by atoms with Gasteiger partial charge in [-0.2, -0.15) is 0 Å². The molecular formula is C17H18O3. The molecule has 2 atom stereocenters. The van der Waals surface area contributed by atoms with Crippen LogP contribution in [0.3, 0.4) is 0 Å². The fourth-order valence-corrected chi connectivity index (χ4v) is 2.74. The molecule has 20 heavy (non-hydrogen) atoms. The molecule has 1 fully saturated rings. The minimum atomic E-state index is 0.000647. The number of benzene rings is 2. The fourth-order valence-electron chi connectivity index (χ4n) is 2.74. The number of ketones is 1. The summed E-state index contributed by atoms with van der Waals surface area (Å²) in [5.74, 6) is 1.02. The van der Waals surface area contributed by atoms with E-state index in [1.165, 1.54) is 0 Å². The van der Waals surface area contributed by atoms with Crippen molar-refractivity contribution in [3.63, 3.8) is 0 Å². The van der Waals surface area contributed by atoms with Crippen molar-refractivity contribution in [2.45, 2.75) is 19.4 Å². The standard InChI is InChI=1S/C17H18O3/c1-11-7-15(10-20-11)17(18)14-4-3-13-9-16(19-2)6-5-12(13)8-14/h3-6,8-9,11,15H,7,10H2,1-2H3. The van der Waals surface area contributed by atoms with E-state index in [1.807, 2.05) is 43.3 Å². The molecule has 0 radical (unpaired) electrons. The van der Waals surface area contributed by atoms with Gasteiger partial charge in [0, 0.05) is 11.5 Å². The van der Waals surface area contributed by atoms with Crippen molar-refractivity contribution in [2.24, 2.45) is 5.92 Å². The highest BCUT2D eigenvalue weighted by molar-refractivity contribution is 6.01. The molecule has 0 N–H and O–H groups in total. The van der Waals surface area contributed by atoms with Crippen molar-refractivity contribution in [3.8, 4) is 5.75 Å². The summed E-state index contributed by atoms with van der Waals surface area (Å²) >= 11 is 0. The number of carbonyl (C=O) groups is 1. The average molecular weight is 270 g/mol. The number of carbonyl (C=O) groups excluding carboxylic acids is 1. The van der Waals surface area contributed by atoms with E-state index in [4.69, 9.17) is 9.47 Å². The van der Waals surface area contributed by atoms with Gasteiger partial charge in [-0.1, -0.05) is 18.2 Å². The Balaban J connectivity index is 1.91. The molecule has 2 unspecified atom stereocenters. The monoisotopic (exact) mass is 270 g/mol. The van der Waals surface area contributed by atoms with Crippen LogP contribution < -0.4 is 4.74 Å². The minimum absolute atomic E-state index is 0.000647. The van der Waals surface area contributed by atoms with E-state index in [-0.39, 0.29) is 17.8 Å². The number of ether oxygens (including phenoxy) is 2. The predicted octanol–water partition coefficient (Wildman–Crippen LogP) is 3.46. The van der Waals surface area contributed by atoms with Crippen LogP contribution in [-0.2, 0) is 4.74 Å². The normalized spacial score (nSPS) is 22.1. The van der Waals surface area contributed by atoms with E-state index < -0.39 is 0 Å². The van der Waals surface area contributed by atoms with Gasteiger partial charge in [0.25, 0.3) is 0 Å². The third kappa shape index (κ3) is 2.41.